The van der Waals surface area contributed by atoms with Crippen LogP contribution in [0.1, 0.15) is 51.5 Å². The molecule has 0 aromatic heterocycles. The van der Waals surface area contributed by atoms with E-state index in [9.17, 15) is 10.0 Å². The average Bonchev–Trinajstić information content (AvgIpc) is 2.49. The predicted octanol–water partition coefficient (Wildman–Crippen LogP) is 2.25. The van der Waals surface area contributed by atoms with E-state index in [1.807, 2.05) is 0 Å². The van der Waals surface area contributed by atoms with Gasteiger partial charge in [0.2, 0.25) is 0 Å². The number of hydrogen-bond acceptors (Lipinski definition) is 4. The monoisotopic (exact) mass is 294 g/mol. The summed E-state index contributed by atoms with van der Waals surface area (Å²) in [6.45, 7) is 4.69. The van der Waals surface area contributed by atoms with Crippen molar-refractivity contribution in [2.45, 2.75) is 58.7 Å². The normalized spacial score (nSPS) is 12.2. The number of benzene rings is 1. The Labute approximate surface area is 128 Å². The summed E-state index contributed by atoms with van der Waals surface area (Å²) in [6.07, 6.45) is 6.18. The summed E-state index contributed by atoms with van der Waals surface area (Å²) in [5, 5.41) is 18.5. The summed E-state index contributed by atoms with van der Waals surface area (Å²) in [6, 6.07) is 5.09. The number of hydrogen-bond donors (Lipinski definition) is 2. The lowest BCUT2D eigenvalue weighted by Crippen LogP contribution is -2.30. The summed E-state index contributed by atoms with van der Waals surface area (Å²) in [7, 11) is 0.128. The zero-order valence-corrected chi connectivity index (χ0v) is 13.3. The Morgan fingerprint density at radius 3 is 2.57 bits per heavy atom. The Morgan fingerprint density at radius 2 is 1.95 bits per heavy atom. The molecular formula is C16H27BO4. The first-order valence-electron chi connectivity index (χ1n) is 7.73. The largest absolute Gasteiger partial charge is 0.496 e. The summed E-state index contributed by atoms with van der Waals surface area (Å²) in [5.41, 5.74) is 1.29. The lowest BCUT2D eigenvalue weighted by molar-refractivity contribution is 0.0448. The van der Waals surface area contributed by atoms with Crippen molar-refractivity contribution in [1.29, 1.82) is 0 Å². The fraction of sp³-hybridized carbons (Fsp3) is 0.625. The van der Waals surface area contributed by atoms with Gasteiger partial charge in [-0.25, -0.2) is 0 Å². The van der Waals surface area contributed by atoms with E-state index in [-0.39, 0.29) is 6.10 Å². The van der Waals surface area contributed by atoms with Gasteiger partial charge in [0.15, 0.2) is 0 Å². The van der Waals surface area contributed by atoms with Crippen molar-refractivity contribution in [3.05, 3.63) is 23.8 Å². The molecule has 4 nitrogen and oxygen atoms in total. The van der Waals surface area contributed by atoms with E-state index >= 15 is 0 Å². The highest BCUT2D eigenvalue weighted by Gasteiger charge is 2.14. The molecule has 1 unspecified atom stereocenters. The lowest BCUT2D eigenvalue weighted by atomic mass is 9.79. The van der Waals surface area contributed by atoms with Crippen LogP contribution in [0.5, 0.6) is 5.75 Å². The number of unbranched alkanes of at least 4 members (excludes halogenated alkanes) is 3. The smallest absolute Gasteiger partial charge is 0.488 e. The minimum atomic E-state index is -1.47. The van der Waals surface area contributed by atoms with Crippen molar-refractivity contribution in [3.8, 4) is 5.75 Å². The third kappa shape index (κ3) is 6.51. The second kappa shape index (κ2) is 9.82. The standard InChI is InChI=1S/C16H27BO4/c1-4-5-6-7-8-13(2)21-12-14-11-15(17(18)19)9-10-16(14)20-3/h9-11,13,18-19H,4-8,12H2,1-3H3. The molecule has 0 aliphatic carbocycles. The van der Waals surface area contributed by atoms with Gasteiger partial charge < -0.3 is 19.5 Å². The number of methoxy groups -OCH3 is 1. The van der Waals surface area contributed by atoms with Gasteiger partial charge in [-0.2, -0.15) is 0 Å². The molecule has 0 aliphatic heterocycles. The number of rotatable bonds is 10. The Bertz CT molecular complexity index is 409. The predicted molar refractivity (Wildman–Crippen MR) is 85.8 cm³/mol. The SMILES string of the molecule is CCCCCCC(C)OCc1cc(B(O)O)ccc1OC. The van der Waals surface area contributed by atoms with Crippen molar-refractivity contribution in [2.75, 3.05) is 7.11 Å². The highest BCUT2D eigenvalue weighted by Crippen LogP contribution is 2.19. The van der Waals surface area contributed by atoms with Gasteiger partial charge in [0.1, 0.15) is 5.75 Å². The molecule has 0 aliphatic rings. The molecule has 2 N–H and O–H groups in total. The fourth-order valence-electron chi connectivity index (χ4n) is 2.25. The van der Waals surface area contributed by atoms with Crippen LogP contribution in [0.15, 0.2) is 18.2 Å². The highest BCUT2D eigenvalue weighted by atomic mass is 16.5. The Morgan fingerprint density at radius 1 is 1.19 bits per heavy atom. The van der Waals surface area contributed by atoms with E-state index in [4.69, 9.17) is 9.47 Å². The summed E-state index contributed by atoms with van der Waals surface area (Å²) >= 11 is 0. The molecule has 21 heavy (non-hydrogen) atoms. The Balaban J connectivity index is 2.51. The van der Waals surface area contributed by atoms with E-state index in [1.54, 1.807) is 25.3 Å². The molecule has 1 aromatic carbocycles. The van der Waals surface area contributed by atoms with Crippen molar-refractivity contribution in [1.82, 2.24) is 0 Å². The van der Waals surface area contributed by atoms with Crippen LogP contribution in [0.2, 0.25) is 0 Å². The van der Waals surface area contributed by atoms with Gasteiger partial charge >= 0.3 is 7.12 Å². The van der Waals surface area contributed by atoms with Gasteiger partial charge in [-0.3, -0.25) is 0 Å². The molecular weight excluding hydrogens is 267 g/mol. The average molecular weight is 294 g/mol. The minimum absolute atomic E-state index is 0.189. The molecule has 0 amide bonds. The van der Waals surface area contributed by atoms with Crippen molar-refractivity contribution >= 4 is 12.6 Å². The van der Waals surface area contributed by atoms with E-state index in [2.05, 4.69) is 13.8 Å². The zero-order valence-electron chi connectivity index (χ0n) is 13.3. The van der Waals surface area contributed by atoms with Crippen LogP contribution in [-0.4, -0.2) is 30.4 Å². The fourth-order valence-corrected chi connectivity index (χ4v) is 2.25. The van der Waals surface area contributed by atoms with Gasteiger partial charge in [-0.05, 0) is 24.9 Å². The van der Waals surface area contributed by atoms with E-state index in [0.29, 0.717) is 17.8 Å². The maximum absolute atomic E-state index is 9.23. The molecule has 1 rings (SSSR count). The second-order valence-corrected chi connectivity index (χ2v) is 5.42. The third-order valence-electron chi connectivity index (χ3n) is 3.59. The maximum Gasteiger partial charge on any atom is 0.488 e. The Hall–Kier alpha value is -1.04. The molecule has 5 heteroatoms. The first kappa shape index (κ1) is 18.0. The topological polar surface area (TPSA) is 58.9 Å². The molecule has 1 atom stereocenters. The van der Waals surface area contributed by atoms with Gasteiger partial charge in [0.05, 0.1) is 19.8 Å². The number of ether oxygens (including phenoxy) is 2. The van der Waals surface area contributed by atoms with Crippen LogP contribution >= 0.6 is 0 Å². The van der Waals surface area contributed by atoms with Crippen LogP contribution in [0.3, 0.4) is 0 Å². The summed E-state index contributed by atoms with van der Waals surface area (Å²) in [4.78, 5) is 0. The Kier molecular flexibility index (Phi) is 8.42. The van der Waals surface area contributed by atoms with Crippen molar-refractivity contribution in [2.24, 2.45) is 0 Å². The van der Waals surface area contributed by atoms with E-state index in [0.717, 1.165) is 12.0 Å². The van der Waals surface area contributed by atoms with Crippen LogP contribution < -0.4 is 10.2 Å². The molecule has 118 valence electrons. The summed E-state index contributed by atoms with van der Waals surface area (Å²) < 4.78 is 11.1. The first-order chi connectivity index (χ1) is 10.1. The highest BCUT2D eigenvalue weighted by molar-refractivity contribution is 6.58. The minimum Gasteiger partial charge on any atom is -0.496 e. The molecule has 0 bridgehead atoms. The molecule has 0 saturated heterocycles. The zero-order chi connectivity index (χ0) is 15.7. The van der Waals surface area contributed by atoms with Gasteiger partial charge in [0.25, 0.3) is 0 Å². The third-order valence-corrected chi connectivity index (χ3v) is 3.59. The second-order valence-electron chi connectivity index (χ2n) is 5.42. The maximum atomic E-state index is 9.23. The van der Waals surface area contributed by atoms with Crippen LogP contribution in [0.25, 0.3) is 0 Å². The quantitative estimate of drug-likeness (QED) is 0.513. The van der Waals surface area contributed by atoms with Crippen LogP contribution in [0.4, 0.5) is 0 Å². The first-order valence-corrected chi connectivity index (χ1v) is 7.73. The van der Waals surface area contributed by atoms with Gasteiger partial charge in [-0.15, -0.1) is 0 Å². The molecule has 0 heterocycles. The molecule has 0 fully saturated rings. The van der Waals surface area contributed by atoms with E-state index < -0.39 is 7.12 Å². The van der Waals surface area contributed by atoms with Gasteiger partial charge in [0, 0.05) is 5.56 Å². The molecule has 0 saturated carbocycles. The molecule has 1 aromatic rings. The van der Waals surface area contributed by atoms with Crippen molar-refractivity contribution in [3.63, 3.8) is 0 Å². The van der Waals surface area contributed by atoms with Crippen LogP contribution in [-0.2, 0) is 11.3 Å². The van der Waals surface area contributed by atoms with Crippen LogP contribution in [0, 0.1) is 0 Å². The molecule has 0 radical (unpaired) electrons. The lowest BCUT2D eigenvalue weighted by Gasteiger charge is -2.15. The van der Waals surface area contributed by atoms with Crippen molar-refractivity contribution < 1.29 is 19.5 Å². The van der Waals surface area contributed by atoms with Gasteiger partial charge in [-0.1, -0.05) is 44.7 Å². The summed E-state index contributed by atoms with van der Waals surface area (Å²) in [5.74, 6) is 0.706. The molecule has 0 spiro atoms. The van der Waals surface area contributed by atoms with E-state index in [1.165, 1.54) is 25.7 Å².